The molecular weight excluding hydrogens is 376 g/mol. The van der Waals surface area contributed by atoms with E-state index in [2.05, 4.69) is 22.3 Å². The van der Waals surface area contributed by atoms with Gasteiger partial charge >= 0.3 is 5.97 Å². The standard InChI is InChI=1S/C25H30N2O3/c1-18-8-10-21(11-9-18)25(23(29)30)16-22(25)17-27-14-12-24(13-15-27,26-19(2)28)20-6-4-3-5-7-20/h3-11,22H,12-17H2,1-2H3,(H,26,28)(H,29,30)/t22-,25+/m0/s1. The maximum atomic E-state index is 12.2. The first kappa shape index (κ1) is 20.6. The maximum Gasteiger partial charge on any atom is 0.314 e. The summed E-state index contributed by atoms with van der Waals surface area (Å²) in [6.45, 7) is 6.06. The number of benzene rings is 2. The number of carbonyl (C=O) groups is 2. The number of nitrogens with zero attached hydrogens (tertiary/aromatic N) is 1. The van der Waals surface area contributed by atoms with Gasteiger partial charge in [-0.25, -0.2) is 0 Å². The van der Waals surface area contributed by atoms with Crippen molar-refractivity contribution in [3.05, 3.63) is 71.3 Å². The van der Waals surface area contributed by atoms with Crippen molar-refractivity contribution in [3.63, 3.8) is 0 Å². The van der Waals surface area contributed by atoms with Crippen LogP contribution in [0.15, 0.2) is 54.6 Å². The molecule has 2 atom stereocenters. The van der Waals surface area contributed by atoms with Crippen LogP contribution in [-0.2, 0) is 20.5 Å². The number of hydrogen-bond acceptors (Lipinski definition) is 3. The van der Waals surface area contributed by atoms with Gasteiger partial charge in [0.25, 0.3) is 0 Å². The van der Waals surface area contributed by atoms with E-state index < -0.39 is 11.4 Å². The van der Waals surface area contributed by atoms with Crippen LogP contribution < -0.4 is 5.32 Å². The number of rotatable bonds is 6. The lowest BCUT2D eigenvalue weighted by Gasteiger charge is -2.43. The van der Waals surface area contributed by atoms with E-state index in [1.54, 1.807) is 6.92 Å². The number of likely N-dealkylation sites (tertiary alicyclic amines) is 1. The Kier molecular flexibility index (Phi) is 5.41. The van der Waals surface area contributed by atoms with E-state index in [-0.39, 0.29) is 17.4 Å². The van der Waals surface area contributed by atoms with Gasteiger partial charge in [0.05, 0.1) is 11.0 Å². The first-order valence-corrected chi connectivity index (χ1v) is 10.7. The topological polar surface area (TPSA) is 69.6 Å². The van der Waals surface area contributed by atoms with Gasteiger partial charge in [-0.2, -0.15) is 0 Å². The van der Waals surface area contributed by atoms with E-state index >= 15 is 0 Å². The Morgan fingerprint density at radius 3 is 2.23 bits per heavy atom. The summed E-state index contributed by atoms with van der Waals surface area (Å²) in [5.74, 6) is -0.605. The molecule has 1 amide bonds. The zero-order valence-corrected chi connectivity index (χ0v) is 17.7. The van der Waals surface area contributed by atoms with Crippen molar-refractivity contribution in [2.45, 2.75) is 44.1 Å². The lowest BCUT2D eigenvalue weighted by atomic mass is 9.80. The average Bonchev–Trinajstić information content (AvgIpc) is 3.45. The molecule has 0 radical (unpaired) electrons. The number of amides is 1. The third-order valence-electron chi connectivity index (χ3n) is 6.98. The summed E-state index contributed by atoms with van der Waals surface area (Å²) in [6, 6.07) is 18.1. The molecule has 1 aliphatic carbocycles. The van der Waals surface area contributed by atoms with E-state index in [1.165, 1.54) is 0 Å². The third kappa shape index (κ3) is 3.74. The molecule has 2 aromatic rings. The molecule has 5 nitrogen and oxygen atoms in total. The number of nitrogens with one attached hydrogen (secondary N) is 1. The molecule has 1 aliphatic heterocycles. The number of carbonyl (C=O) groups excluding carboxylic acids is 1. The summed E-state index contributed by atoms with van der Waals surface area (Å²) in [5, 5.41) is 13.2. The normalized spacial score (nSPS) is 25.5. The molecule has 5 heteroatoms. The van der Waals surface area contributed by atoms with Gasteiger partial charge in [-0.05, 0) is 43.2 Å². The third-order valence-corrected chi connectivity index (χ3v) is 6.98. The first-order chi connectivity index (χ1) is 14.4. The number of carboxylic acids is 1. The second-order valence-electron chi connectivity index (χ2n) is 8.97. The Labute approximate surface area is 178 Å². The van der Waals surface area contributed by atoms with Crippen molar-refractivity contribution in [1.29, 1.82) is 0 Å². The smallest absolute Gasteiger partial charge is 0.314 e. The van der Waals surface area contributed by atoms with Gasteiger partial charge in [0, 0.05) is 26.6 Å². The van der Waals surface area contributed by atoms with Gasteiger partial charge in [0.2, 0.25) is 5.91 Å². The van der Waals surface area contributed by atoms with E-state index in [1.807, 2.05) is 49.4 Å². The van der Waals surface area contributed by atoms with Crippen LogP contribution in [-0.4, -0.2) is 41.5 Å². The van der Waals surface area contributed by atoms with Crippen LogP contribution >= 0.6 is 0 Å². The van der Waals surface area contributed by atoms with Gasteiger partial charge in [0.1, 0.15) is 0 Å². The van der Waals surface area contributed by atoms with Crippen LogP contribution in [0.2, 0.25) is 0 Å². The summed E-state index contributed by atoms with van der Waals surface area (Å²) in [6.07, 6.45) is 2.35. The highest BCUT2D eigenvalue weighted by Gasteiger charge is 2.61. The summed E-state index contributed by atoms with van der Waals surface area (Å²) in [5.41, 5.74) is 2.11. The quantitative estimate of drug-likeness (QED) is 0.771. The second kappa shape index (κ2) is 7.88. The molecule has 2 aromatic carbocycles. The molecule has 2 aliphatic rings. The Morgan fingerprint density at radius 1 is 1.03 bits per heavy atom. The number of piperidine rings is 1. The Hall–Kier alpha value is -2.66. The maximum absolute atomic E-state index is 12.2. The molecular formula is C25H30N2O3. The van der Waals surface area contributed by atoms with Crippen LogP contribution in [0.3, 0.4) is 0 Å². The fourth-order valence-electron chi connectivity index (χ4n) is 5.15. The zero-order chi connectivity index (χ0) is 21.4. The molecule has 1 saturated heterocycles. The first-order valence-electron chi connectivity index (χ1n) is 10.7. The molecule has 1 heterocycles. The van der Waals surface area contributed by atoms with Crippen molar-refractivity contribution in [2.24, 2.45) is 5.92 Å². The van der Waals surface area contributed by atoms with Gasteiger partial charge in [-0.1, -0.05) is 60.2 Å². The minimum absolute atomic E-state index is 0.0150. The molecule has 0 unspecified atom stereocenters. The Morgan fingerprint density at radius 2 is 1.67 bits per heavy atom. The van der Waals surface area contributed by atoms with Crippen LogP contribution in [0.25, 0.3) is 0 Å². The van der Waals surface area contributed by atoms with Crippen molar-refractivity contribution >= 4 is 11.9 Å². The van der Waals surface area contributed by atoms with Crippen LogP contribution in [0.1, 0.15) is 42.9 Å². The zero-order valence-electron chi connectivity index (χ0n) is 17.7. The van der Waals surface area contributed by atoms with Gasteiger partial charge in [-0.3, -0.25) is 9.59 Å². The molecule has 158 valence electrons. The molecule has 2 N–H and O–H groups in total. The number of hydrogen-bond donors (Lipinski definition) is 2. The fourth-order valence-corrected chi connectivity index (χ4v) is 5.15. The minimum atomic E-state index is -0.751. The molecule has 30 heavy (non-hydrogen) atoms. The monoisotopic (exact) mass is 406 g/mol. The van der Waals surface area contributed by atoms with Crippen molar-refractivity contribution in [2.75, 3.05) is 19.6 Å². The van der Waals surface area contributed by atoms with Gasteiger partial charge < -0.3 is 15.3 Å². The number of aryl methyl sites for hydroxylation is 1. The van der Waals surface area contributed by atoms with Gasteiger partial charge in [0.15, 0.2) is 0 Å². The number of carboxylic acid groups (broad SMARTS) is 1. The Bertz CT molecular complexity index is 917. The predicted octanol–water partition coefficient (Wildman–Crippen LogP) is 3.46. The molecule has 2 fully saturated rings. The van der Waals surface area contributed by atoms with Crippen LogP contribution in [0, 0.1) is 12.8 Å². The molecule has 0 bridgehead atoms. The molecule has 0 spiro atoms. The highest BCUT2D eigenvalue weighted by molar-refractivity contribution is 5.86. The van der Waals surface area contributed by atoms with E-state index in [4.69, 9.17) is 0 Å². The number of aliphatic carboxylic acids is 1. The largest absolute Gasteiger partial charge is 0.481 e. The predicted molar refractivity (Wildman–Crippen MR) is 116 cm³/mol. The Balaban J connectivity index is 1.45. The van der Waals surface area contributed by atoms with E-state index in [0.29, 0.717) is 6.42 Å². The second-order valence-corrected chi connectivity index (χ2v) is 8.97. The minimum Gasteiger partial charge on any atom is -0.481 e. The average molecular weight is 407 g/mol. The van der Waals surface area contributed by atoms with Gasteiger partial charge in [-0.15, -0.1) is 0 Å². The molecule has 1 saturated carbocycles. The SMILES string of the molecule is CC(=O)NC1(c2ccccc2)CCN(C[C@@H]2C[C@@]2(C(=O)O)c2ccc(C)cc2)CC1. The lowest BCUT2D eigenvalue weighted by molar-refractivity contribution is -0.140. The summed E-state index contributed by atoms with van der Waals surface area (Å²) < 4.78 is 0. The highest BCUT2D eigenvalue weighted by atomic mass is 16.4. The summed E-state index contributed by atoms with van der Waals surface area (Å²) in [7, 11) is 0. The van der Waals surface area contributed by atoms with E-state index in [0.717, 1.165) is 49.2 Å². The van der Waals surface area contributed by atoms with Crippen LogP contribution in [0.5, 0.6) is 0 Å². The highest BCUT2D eigenvalue weighted by Crippen LogP contribution is 2.55. The van der Waals surface area contributed by atoms with Crippen molar-refractivity contribution < 1.29 is 14.7 Å². The molecule has 0 aromatic heterocycles. The summed E-state index contributed by atoms with van der Waals surface area (Å²) >= 11 is 0. The van der Waals surface area contributed by atoms with Crippen molar-refractivity contribution in [1.82, 2.24) is 10.2 Å². The fraction of sp³-hybridized carbons (Fsp3) is 0.440. The summed E-state index contributed by atoms with van der Waals surface area (Å²) in [4.78, 5) is 26.4. The van der Waals surface area contributed by atoms with E-state index in [9.17, 15) is 14.7 Å². The molecule has 4 rings (SSSR count). The lowest BCUT2D eigenvalue weighted by Crippen LogP contribution is -2.53. The van der Waals surface area contributed by atoms with Crippen LogP contribution in [0.4, 0.5) is 0 Å². The van der Waals surface area contributed by atoms with Crippen molar-refractivity contribution in [3.8, 4) is 0 Å².